The van der Waals surface area contributed by atoms with Crippen LogP contribution < -0.4 is 5.32 Å². The van der Waals surface area contributed by atoms with Crippen molar-refractivity contribution in [3.8, 4) is 0 Å². The Balaban J connectivity index is 1.62. The summed E-state index contributed by atoms with van der Waals surface area (Å²) in [4.78, 5) is 26.2. The average Bonchev–Trinajstić information content (AvgIpc) is 3.20. The summed E-state index contributed by atoms with van der Waals surface area (Å²) in [5.74, 6) is 0.0531. The number of rotatable bonds is 3. The highest BCUT2D eigenvalue weighted by Crippen LogP contribution is 2.18. The zero-order chi connectivity index (χ0) is 14.7. The van der Waals surface area contributed by atoms with E-state index in [1.807, 2.05) is 4.90 Å². The third kappa shape index (κ3) is 3.26. The molecule has 0 aromatic heterocycles. The Morgan fingerprint density at radius 1 is 0.905 bits per heavy atom. The standard InChI is InChI=1S/C17H22N2O2/c20-16(18-15-5-1-2-6-15)13-7-9-14(10-8-13)17(21)19-11-3-4-12-19/h7-10,15H,1-6,11-12H2,(H,18,20). The molecular formula is C17H22N2O2. The van der Waals surface area contributed by atoms with Crippen molar-refractivity contribution in [2.75, 3.05) is 13.1 Å². The molecule has 112 valence electrons. The molecule has 1 saturated carbocycles. The van der Waals surface area contributed by atoms with Gasteiger partial charge in [-0.3, -0.25) is 9.59 Å². The zero-order valence-electron chi connectivity index (χ0n) is 12.3. The van der Waals surface area contributed by atoms with Gasteiger partial charge in [0.05, 0.1) is 0 Å². The third-order valence-corrected chi connectivity index (χ3v) is 4.48. The lowest BCUT2D eigenvalue weighted by molar-refractivity contribution is 0.0792. The maximum atomic E-state index is 12.2. The summed E-state index contributed by atoms with van der Waals surface area (Å²) in [6.07, 6.45) is 6.75. The van der Waals surface area contributed by atoms with Crippen molar-refractivity contribution in [1.82, 2.24) is 10.2 Å². The molecule has 0 radical (unpaired) electrons. The monoisotopic (exact) mass is 286 g/mol. The van der Waals surface area contributed by atoms with Crippen LogP contribution in [-0.4, -0.2) is 35.8 Å². The van der Waals surface area contributed by atoms with Crippen LogP contribution in [0.1, 0.15) is 59.2 Å². The first-order valence-electron chi connectivity index (χ1n) is 7.94. The number of carbonyl (C=O) groups excluding carboxylic acids is 2. The molecule has 1 N–H and O–H groups in total. The number of hydrogen-bond donors (Lipinski definition) is 1. The fourth-order valence-corrected chi connectivity index (χ4v) is 3.21. The van der Waals surface area contributed by atoms with Crippen LogP contribution in [0.25, 0.3) is 0 Å². The zero-order valence-corrected chi connectivity index (χ0v) is 12.3. The fourth-order valence-electron chi connectivity index (χ4n) is 3.21. The molecule has 0 unspecified atom stereocenters. The molecule has 4 nitrogen and oxygen atoms in total. The molecule has 0 bridgehead atoms. The molecule has 0 spiro atoms. The second-order valence-electron chi connectivity index (χ2n) is 6.03. The van der Waals surface area contributed by atoms with Gasteiger partial charge in [-0.05, 0) is 49.9 Å². The van der Waals surface area contributed by atoms with Crippen molar-refractivity contribution < 1.29 is 9.59 Å². The molecule has 0 atom stereocenters. The largest absolute Gasteiger partial charge is 0.349 e. The first kappa shape index (κ1) is 14.1. The summed E-state index contributed by atoms with van der Waals surface area (Å²) in [5.41, 5.74) is 1.31. The number of amides is 2. The predicted octanol–water partition coefficient (Wildman–Crippen LogP) is 2.60. The number of nitrogens with zero attached hydrogens (tertiary/aromatic N) is 1. The molecule has 1 saturated heterocycles. The van der Waals surface area contributed by atoms with Crippen LogP contribution >= 0.6 is 0 Å². The van der Waals surface area contributed by atoms with E-state index in [0.29, 0.717) is 17.2 Å². The van der Waals surface area contributed by atoms with Crippen LogP contribution in [0, 0.1) is 0 Å². The van der Waals surface area contributed by atoms with Crippen LogP contribution in [0.2, 0.25) is 0 Å². The van der Waals surface area contributed by atoms with Gasteiger partial charge < -0.3 is 10.2 Å². The number of nitrogens with one attached hydrogen (secondary N) is 1. The van der Waals surface area contributed by atoms with Crippen LogP contribution in [0.3, 0.4) is 0 Å². The lowest BCUT2D eigenvalue weighted by Crippen LogP contribution is -2.32. The second kappa shape index (κ2) is 6.29. The Hall–Kier alpha value is -1.84. The van der Waals surface area contributed by atoms with Gasteiger partial charge in [-0.25, -0.2) is 0 Å². The lowest BCUT2D eigenvalue weighted by Gasteiger charge is -2.15. The van der Waals surface area contributed by atoms with Gasteiger partial charge in [0.15, 0.2) is 0 Å². The van der Waals surface area contributed by atoms with E-state index in [0.717, 1.165) is 38.8 Å². The van der Waals surface area contributed by atoms with Crippen molar-refractivity contribution in [2.24, 2.45) is 0 Å². The average molecular weight is 286 g/mol. The summed E-state index contributed by atoms with van der Waals surface area (Å²) in [5, 5.41) is 3.06. The third-order valence-electron chi connectivity index (χ3n) is 4.48. The van der Waals surface area contributed by atoms with Crippen molar-refractivity contribution in [1.29, 1.82) is 0 Å². The SMILES string of the molecule is O=C(NC1CCCC1)c1ccc(C(=O)N2CCCC2)cc1. The maximum Gasteiger partial charge on any atom is 0.253 e. The van der Waals surface area contributed by atoms with E-state index in [4.69, 9.17) is 0 Å². The summed E-state index contributed by atoms with van der Waals surface area (Å²) < 4.78 is 0. The quantitative estimate of drug-likeness (QED) is 0.928. The van der Waals surface area contributed by atoms with E-state index < -0.39 is 0 Å². The summed E-state index contributed by atoms with van der Waals surface area (Å²) in [7, 11) is 0. The van der Waals surface area contributed by atoms with Gasteiger partial charge >= 0.3 is 0 Å². The molecule has 1 aliphatic heterocycles. The molecule has 1 aromatic rings. The van der Waals surface area contributed by atoms with Crippen molar-refractivity contribution in [2.45, 2.75) is 44.6 Å². The maximum absolute atomic E-state index is 12.2. The molecule has 2 amide bonds. The highest BCUT2D eigenvalue weighted by Gasteiger charge is 2.20. The van der Waals surface area contributed by atoms with Gasteiger partial charge in [0, 0.05) is 30.3 Å². The fraction of sp³-hybridized carbons (Fsp3) is 0.529. The molecule has 1 aliphatic carbocycles. The van der Waals surface area contributed by atoms with Crippen molar-refractivity contribution in [3.63, 3.8) is 0 Å². The Bertz CT molecular complexity index is 512. The van der Waals surface area contributed by atoms with Crippen LogP contribution in [0.5, 0.6) is 0 Å². The smallest absolute Gasteiger partial charge is 0.253 e. The minimum Gasteiger partial charge on any atom is -0.349 e. The van der Waals surface area contributed by atoms with Gasteiger partial charge in [0.2, 0.25) is 0 Å². The molecular weight excluding hydrogens is 264 g/mol. The molecule has 1 aromatic carbocycles. The Morgan fingerprint density at radius 2 is 1.48 bits per heavy atom. The number of hydrogen-bond acceptors (Lipinski definition) is 2. The second-order valence-corrected chi connectivity index (χ2v) is 6.03. The summed E-state index contributed by atoms with van der Waals surface area (Å²) in [6.45, 7) is 1.70. The van der Waals surface area contributed by atoms with Gasteiger partial charge in [0.25, 0.3) is 11.8 Å². The topological polar surface area (TPSA) is 49.4 Å². The van der Waals surface area contributed by atoms with Crippen LogP contribution in [-0.2, 0) is 0 Å². The summed E-state index contributed by atoms with van der Waals surface area (Å²) in [6, 6.07) is 7.37. The Kier molecular flexibility index (Phi) is 4.23. The number of carbonyl (C=O) groups is 2. The molecule has 4 heteroatoms. The van der Waals surface area contributed by atoms with E-state index in [1.54, 1.807) is 24.3 Å². The molecule has 2 fully saturated rings. The predicted molar refractivity (Wildman–Crippen MR) is 81.3 cm³/mol. The van der Waals surface area contributed by atoms with Gasteiger partial charge in [0.1, 0.15) is 0 Å². The highest BCUT2D eigenvalue weighted by atomic mass is 16.2. The van der Waals surface area contributed by atoms with Gasteiger partial charge in [-0.15, -0.1) is 0 Å². The first-order valence-corrected chi connectivity index (χ1v) is 7.94. The van der Waals surface area contributed by atoms with Gasteiger partial charge in [-0.2, -0.15) is 0 Å². The minimum atomic E-state index is -0.0259. The van der Waals surface area contributed by atoms with E-state index in [1.165, 1.54) is 12.8 Å². The number of benzene rings is 1. The van der Waals surface area contributed by atoms with Gasteiger partial charge in [-0.1, -0.05) is 12.8 Å². The van der Waals surface area contributed by atoms with E-state index in [2.05, 4.69) is 5.32 Å². The van der Waals surface area contributed by atoms with E-state index >= 15 is 0 Å². The Labute approximate surface area is 125 Å². The van der Waals surface area contributed by atoms with E-state index in [9.17, 15) is 9.59 Å². The van der Waals surface area contributed by atoms with Crippen LogP contribution in [0.4, 0.5) is 0 Å². The molecule has 2 aliphatic rings. The van der Waals surface area contributed by atoms with Crippen LogP contribution in [0.15, 0.2) is 24.3 Å². The molecule has 21 heavy (non-hydrogen) atoms. The van der Waals surface area contributed by atoms with E-state index in [-0.39, 0.29) is 11.8 Å². The summed E-state index contributed by atoms with van der Waals surface area (Å²) >= 11 is 0. The molecule has 3 rings (SSSR count). The van der Waals surface area contributed by atoms with Crippen molar-refractivity contribution in [3.05, 3.63) is 35.4 Å². The molecule has 1 heterocycles. The minimum absolute atomic E-state index is 0.0259. The highest BCUT2D eigenvalue weighted by molar-refractivity contribution is 5.98. The first-order chi connectivity index (χ1) is 10.2. The normalized spacial score (nSPS) is 19.0. The number of likely N-dealkylation sites (tertiary alicyclic amines) is 1. The Morgan fingerprint density at radius 3 is 2.10 bits per heavy atom. The van der Waals surface area contributed by atoms with Crippen molar-refractivity contribution >= 4 is 11.8 Å². The lowest BCUT2D eigenvalue weighted by atomic mass is 10.1.